The van der Waals surface area contributed by atoms with Gasteiger partial charge in [0.1, 0.15) is 11.6 Å². The van der Waals surface area contributed by atoms with Crippen LogP contribution in [0.2, 0.25) is 0 Å². The summed E-state index contributed by atoms with van der Waals surface area (Å²) >= 11 is 0. The minimum atomic E-state index is -0.300. The molecule has 154 valence electrons. The van der Waals surface area contributed by atoms with E-state index in [1.54, 1.807) is 13.2 Å². The number of hydrogen-bond acceptors (Lipinski definition) is 4. The number of nitrogens with zero attached hydrogens (tertiary/aromatic N) is 3. The molecular formula is C22H34N4O2. The zero-order chi connectivity index (χ0) is 20.7. The Hall–Kier alpha value is -2.10. The molecular weight excluding hydrogens is 352 g/mol. The van der Waals surface area contributed by atoms with E-state index in [0.29, 0.717) is 19.1 Å². The van der Waals surface area contributed by atoms with E-state index in [0.717, 1.165) is 36.6 Å². The lowest BCUT2D eigenvalue weighted by atomic mass is 10.1. The van der Waals surface area contributed by atoms with Crippen LogP contribution in [-0.2, 0) is 9.53 Å². The third kappa shape index (κ3) is 5.70. The molecule has 2 atom stereocenters. The van der Waals surface area contributed by atoms with Crippen LogP contribution in [0.4, 0.5) is 0 Å². The van der Waals surface area contributed by atoms with E-state index in [1.165, 1.54) is 12.8 Å². The molecule has 2 heterocycles. The van der Waals surface area contributed by atoms with Gasteiger partial charge in [0.05, 0.1) is 12.6 Å². The molecule has 1 N–H and O–H groups in total. The fourth-order valence-electron chi connectivity index (χ4n) is 4.08. The molecule has 1 aliphatic heterocycles. The molecule has 1 amide bonds. The molecule has 1 aromatic heterocycles. The molecule has 0 radical (unpaired) electrons. The normalized spacial score (nSPS) is 17.4. The van der Waals surface area contributed by atoms with E-state index in [-0.39, 0.29) is 17.5 Å². The van der Waals surface area contributed by atoms with Crippen LogP contribution >= 0.6 is 0 Å². The van der Waals surface area contributed by atoms with Crippen LogP contribution in [0.25, 0.3) is 6.08 Å². The quantitative estimate of drug-likeness (QED) is 0.523. The number of carbonyl (C=O) groups excluding carboxylic acids is 1. The molecule has 2 unspecified atom stereocenters. The molecule has 0 aromatic carbocycles. The van der Waals surface area contributed by atoms with Crippen LogP contribution in [-0.4, -0.2) is 55.3 Å². The summed E-state index contributed by atoms with van der Waals surface area (Å²) in [6.07, 6.45) is 4.22. The molecule has 1 aromatic rings. The van der Waals surface area contributed by atoms with Crippen LogP contribution in [0, 0.1) is 31.1 Å². The monoisotopic (exact) mass is 386 g/mol. The number of methoxy groups -OCH3 is 1. The summed E-state index contributed by atoms with van der Waals surface area (Å²) in [4.78, 5) is 15.0. The van der Waals surface area contributed by atoms with E-state index in [2.05, 4.69) is 34.7 Å². The summed E-state index contributed by atoms with van der Waals surface area (Å²) in [5.41, 5.74) is 3.17. The molecule has 6 heteroatoms. The van der Waals surface area contributed by atoms with Crippen molar-refractivity contribution in [1.82, 2.24) is 14.8 Å². The Balaban J connectivity index is 2.03. The first-order chi connectivity index (χ1) is 13.4. The Morgan fingerprint density at radius 2 is 2.04 bits per heavy atom. The highest BCUT2D eigenvalue weighted by atomic mass is 16.5. The molecule has 1 saturated heterocycles. The van der Waals surface area contributed by atoms with Gasteiger partial charge < -0.3 is 19.5 Å². The topological polar surface area (TPSA) is 70.3 Å². The van der Waals surface area contributed by atoms with Crippen molar-refractivity contribution in [3.05, 3.63) is 28.6 Å². The number of nitriles is 1. The predicted octanol–water partition coefficient (Wildman–Crippen LogP) is 3.07. The van der Waals surface area contributed by atoms with Gasteiger partial charge in [-0.3, -0.25) is 4.79 Å². The van der Waals surface area contributed by atoms with Gasteiger partial charge in [0.15, 0.2) is 0 Å². The molecule has 0 spiro atoms. The third-order valence-electron chi connectivity index (χ3n) is 5.42. The second kappa shape index (κ2) is 10.4. The van der Waals surface area contributed by atoms with Gasteiger partial charge >= 0.3 is 0 Å². The highest BCUT2D eigenvalue weighted by Gasteiger charge is 2.18. The number of carbonyl (C=O) groups is 1. The van der Waals surface area contributed by atoms with Crippen molar-refractivity contribution in [2.24, 2.45) is 5.92 Å². The van der Waals surface area contributed by atoms with Gasteiger partial charge in [-0.15, -0.1) is 0 Å². The lowest BCUT2D eigenvalue weighted by Gasteiger charge is -2.20. The van der Waals surface area contributed by atoms with E-state index in [9.17, 15) is 10.1 Å². The Bertz CT molecular complexity index is 738. The van der Waals surface area contributed by atoms with E-state index in [1.807, 2.05) is 19.9 Å². The molecule has 0 bridgehead atoms. The van der Waals surface area contributed by atoms with Crippen LogP contribution < -0.4 is 5.32 Å². The average Bonchev–Trinajstić information content (AvgIpc) is 3.25. The molecule has 1 fully saturated rings. The number of aryl methyl sites for hydroxylation is 1. The number of amides is 1. The lowest BCUT2D eigenvalue weighted by molar-refractivity contribution is -0.117. The Morgan fingerprint density at radius 1 is 1.36 bits per heavy atom. The van der Waals surface area contributed by atoms with Gasteiger partial charge in [-0.1, -0.05) is 6.92 Å². The van der Waals surface area contributed by atoms with E-state index in [4.69, 9.17) is 4.74 Å². The van der Waals surface area contributed by atoms with Crippen LogP contribution in [0.1, 0.15) is 49.7 Å². The van der Waals surface area contributed by atoms with Crippen LogP contribution in [0.5, 0.6) is 0 Å². The minimum Gasteiger partial charge on any atom is -0.383 e. The first kappa shape index (κ1) is 22.2. The molecule has 0 saturated carbocycles. The number of aromatic nitrogens is 1. The molecule has 6 nitrogen and oxygen atoms in total. The van der Waals surface area contributed by atoms with Crippen molar-refractivity contribution in [2.75, 3.05) is 39.9 Å². The first-order valence-corrected chi connectivity index (χ1v) is 10.2. The van der Waals surface area contributed by atoms with Gasteiger partial charge in [-0.05, 0) is 70.3 Å². The zero-order valence-electron chi connectivity index (χ0n) is 17.9. The maximum atomic E-state index is 12.5. The highest BCUT2D eigenvalue weighted by Crippen LogP contribution is 2.22. The van der Waals surface area contributed by atoms with Gasteiger partial charge in [0.2, 0.25) is 0 Å². The molecule has 2 rings (SSSR count). The lowest BCUT2D eigenvalue weighted by Crippen LogP contribution is -2.34. The Kier molecular flexibility index (Phi) is 8.28. The van der Waals surface area contributed by atoms with Crippen molar-refractivity contribution in [3.63, 3.8) is 0 Å². The molecule has 28 heavy (non-hydrogen) atoms. The standard InChI is InChI=1S/C22H34N4O2/c1-16(14-25-8-6-7-9-25)13-24-22(27)21(12-23)11-20-10-17(2)26(19(20)4)18(3)15-28-5/h10-11,16,18H,6-9,13-15H2,1-5H3,(H,24,27)/b21-11-. The second-order valence-electron chi connectivity index (χ2n) is 7.99. The summed E-state index contributed by atoms with van der Waals surface area (Å²) in [5, 5.41) is 12.4. The number of rotatable bonds is 9. The smallest absolute Gasteiger partial charge is 0.261 e. The van der Waals surface area contributed by atoms with Crippen molar-refractivity contribution in [3.8, 4) is 6.07 Å². The fourth-order valence-corrected chi connectivity index (χ4v) is 4.08. The summed E-state index contributed by atoms with van der Waals surface area (Å²) in [6, 6.07) is 4.27. The van der Waals surface area contributed by atoms with Gasteiger partial charge in [0.25, 0.3) is 5.91 Å². The summed E-state index contributed by atoms with van der Waals surface area (Å²) < 4.78 is 7.44. The number of ether oxygens (including phenoxy) is 1. The second-order valence-corrected chi connectivity index (χ2v) is 7.99. The van der Waals surface area contributed by atoms with E-state index >= 15 is 0 Å². The number of hydrogen-bond donors (Lipinski definition) is 1. The minimum absolute atomic E-state index is 0.146. The SMILES string of the molecule is COCC(C)n1c(C)cc(/C=C(/C#N)C(=O)NCC(C)CN2CCCC2)c1C. The maximum absolute atomic E-state index is 12.5. The van der Waals surface area contributed by atoms with Gasteiger partial charge in [-0.25, -0.2) is 0 Å². The number of nitrogens with one attached hydrogen (secondary N) is 1. The summed E-state index contributed by atoms with van der Waals surface area (Å²) in [5.74, 6) is 0.0625. The fraction of sp³-hybridized carbons (Fsp3) is 0.636. The number of likely N-dealkylation sites (tertiary alicyclic amines) is 1. The van der Waals surface area contributed by atoms with E-state index < -0.39 is 0 Å². The average molecular weight is 387 g/mol. The summed E-state index contributed by atoms with van der Waals surface area (Å²) in [7, 11) is 1.69. The maximum Gasteiger partial charge on any atom is 0.261 e. The van der Waals surface area contributed by atoms with Crippen LogP contribution in [0.3, 0.4) is 0 Å². The van der Waals surface area contributed by atoms with Crippen molar-refractivity contribution < 1.29 is 9.53 Å². The molecule has 1 aliphatic rings. The first-order valence-electron chi connectivity index (χ1n) is 10.2. The van der Waals surface area contributed by atoms with Gasteiger partial charge in [-0.2, -0.15) is 5.26 Å². The Morgan fingerprint density at radius 3 is 2.64 bits per heavy atom. The van der Waals surface area contributed by atoms with Crippen molar-refractivity contribution in [1.29, 1.82) is 5.26 Å². The largest absolute Gasteiger partial charge is 0.383 e. The van der Waals surface area contributed by atoms with Gasteiger partial charge in [0, 0.05) is 31.6 Å². The van der Waals surface area contributed by atoms with Crippen molar-refractivity contribution >= 4 is 12.0 Å². The van der Waals surface area contributed by atoms with Crippen LogP contribution in [0.15, 0.2) is 11.6 Å². The Labute approximate surface area is 169 Å². The highest BCUT2D eigenvalue weighted by molar-refractivity contribution is 6.01. The zero-order valence-corrected chi connectivity index (χ0v) is 17.9. The summed E-state index contributed by atoms with van der Waals surface area (Å²) in [6.45, 7) is 12.8. The molecule has 0 aliphatic carbocycles. The van der Waals surface area contributed by atoms with Crippen molar-refractivity contribution in [2.45, 2.75) is 46.6 Å². The predicted molar refractivity (Wildman–Crippen MR) is 112 cm³/mol. The third-order valence-corrected chi connectivity index (χ3v) is 5.42.